The number of hydrogen-bond donors (Lipinski definition) is 1. The number of para-hydroxylation sites is 2. The highest BCUT2D eigenvalue weighted by Gasteiger charge is 2.13. The molecule has 0 aliphatic carbocycles. The first-order valence-corrected chi connectivity index (χ1v) is 7.33. The fourth-order valence-electron chi connectivity index (χ4n) is 2.45. The molecule has 23 heavy (non-hydrogen) atoms. The normalized spacial score (nSPS) is 11.5. The highest BCUT2D eigenvalue weighted by molar-refractivity contribution is 6.11. The van der Waals surface area contributed by atoms with Gasteiger partial charge >= 0.3 is 0 Å². The van der Waals surface area contributed by atoms with E-state index in [1.165, 1.54) is 0 Å². The minimum Gasteiger partial charge on any atom is -0.325 e. The summed E-state index contributed by atoms with van der Waals surface area (Å²) >= 11 is 0. The summed E-state index contributed by atoms with van der Waals surface area (Å²) in [5.41, 5.74) is 8.15. The van der Waals surface area contributed by atoms with E-state index < -0.39 is 0 Å². The van der Waals surface area contributed by atoms with Crippen LogP contribution < -0.4 is 5.43 Å². The molecule has 0 radical (unpaired) electrons. The average Bonchev–Trinajstić information content (AvgIpc) is 2.89. The smallest absolute Gasteiger partial charge is 0.203 e. The lowest BCUT2D eigenvalue weighted by molar-refractivity contribution is 0.929. The molecule has 5 nitrogen and oxygen atoms in total. The topological polar surface area (TPSA) is 66.0 Å². The van der Waals surface area contributed by atoms with Gasteiger partial charge < -0.3 is 4.57 Å². The van der Waals surface area contributed by atoms with E-state index in [0.29, 0.717) is 5.82 Å². The summed E-state index contributed by atoms with van der Waals surface area (Å²) in [4.78, 5) is 4.51. The lowest BCUT2D eigenvalue weighted by Crippen LogP contribution is -2.09. The first-order valence-electron chi connectivity index (χ1n) is 7.33. The SMILES string of the molecule is Cc1ccc(C)c(N/N=C(\C#N)c2nc3ccccc3n2C)c1. The van der Waals surface area contributed by atoms with Gasteiger partial charge in [0, 0.05) is 7.05 Å². The predicted molar refractivity (Wildman–Crippen MR) is 92.4 cm³/mol. The van der Waals surface area contributed by atoms with E-state index in [4.69, 9.17) is 0 Å². The van der Waals surface area contributed by atoms with Crippen LogP contribution in [0, 0.1) is 25.2 Å². The number of aryl methyl sites for hydroxylation is 3. The second kappa shape index (κ2) is 5.93. The highest BCUT2D eigenvalue weighted by atomic mass is 15.3. The Morgan fingerprint density at radius 1 is 1.22 bits per heavy atom. The van der Waals surface area contributed by atoms with Gasteiger partial charge in [-0.05, 0) is 43.2 Å². The van der Waals surface area contributed by atoms with Crippen molar-refractivity contribution < 1.29 is 0 Å². The summed E-state index contributed by atoms with van der Waals surface area (Å²) in [6.45, 7) is 4.02. The van der Waals surface area contributed by atoms with Crippen molar-refractivity contribution in [1.82, 2.24) is 9.55 Å². The zero-order valence-corrected chi connectivity index (χ0v) is 13.3. The average molecular weight is 303 g/mol. The van der Waals surface area contributed by atoms with Crippen molar-refractivity contribution in [3.05, 3.63) is 59.4 Å². The Morgan fingerprint density at radius 2 is 2.00 bits per heavy atom. The van der Waals surface area contributed by atoms with Gasteiger partial charge in [-0.3, -0.25) is 5.43 Å². The van der Waals surface area contributed by atoms with Crippen LogP contribution in [0.25, 0.3) is 11.0 Å². The Hall–Kier alpha value is -3.13. The van der Waals surface area contributed by atoms with Gasteiger partial charge in [0.05, 0.1) is 16.7 Å². The predicted octanol–water partition coefficient (Wildman–Crippen LogP) is 3.53. The maximum Gasteiger partial charge on any atom is 0.203 e. The van der Waals surface area contributed by atoms with E-state index in [1.54, 1.807) is 0 Å². The molecule has 0 atom stereocenters. The Balaban J connectivity index is 2.00. The van der Waals surface area contributed by atoms with Gasteiger partial charge in [0.1, 0.15) is 6.07 Å². The molecule has 0 fully saturated rings. The van der Waals surface area contributed by atoms with Crippen LogP contribution in [0.1, 0.15) is 17.0 Å². The summed E-state index contributed by atoms with van der Waals surface area (Å²) in [6.07, 6.45) is 0. The molecule has 0 aliphatic heterocycles. The van der Waals surface area contributed by atoms with Crippen LogP contribution in [0.3, 0.4) is 0 Å². The quantitative estimate of drug-likeness (QED) is 0.594. The molecule has 0 aliphatic rings. The fourth-order valence-corrected chi connectivity index (χ4v) is 2.45. The van der Waals surface area contributed by atoms with Crippen molar-refractivity contribution >= 4 is 22.4 Å². The largest absolute Gasteiger partial charge is 0.325 e. The Bertz CT molecular complexity index is 944. The van der Waals surface area contributed by atoms with Crippen molar-refractivity contribution in [3.63, 3.8) is 0 Å². The maximum absolute atomic E-state index is 9.46. The number of rotatable bonds is 3. The molecule has 0 saturated carbocycles. The second-order valence-corrected chi connectivity index (χ2v) is 5.49. The van der Waals surface area contributed by atoms with Crippen LogP contribution in [0.15, 0.2) is 47.6 Å². The Morgan fingerprint density at radius 3 is 2.74 bits per heavy atom. The molecule has 0 spiro atoms. The molecule has 114 valence electrons. The van der Waals surface area contributed by atoms with Crippen molar-refractivity contribution in [2.24, 2.45) is 12.1 Å². The number of nitrogens with zero attached hydrogens (tertiary/aromatic N) is 4. The summed E-state index contributed by atoms with van der Waals surface area (Å²) in [6, 6.07) is 16.0. The van der Waals surface area contributed by atoms with Gasteiger partial charge in [0.2, 0.25) is 5.71 Å². The molecule has 5 heteroatoms. The fraction of sp³-hybridized carbons (Fsp3) is 0.167. The maximum atomic E-state index is 9.46. The van der Waals surface area contributed by atoms with Crippen LogP contribution in [-0.4, -0.2) is 15.3 Å². The first kappa shape index (κ1) is 14.8. The van der Waals surface area contributed by atoms with E-state index >= 15 is 0 Å². The zero-order valence-electron chi connectivity index (χ0n) is 13.3. The van der Waals surface area contributed by atoms with Crippen molar-refractivity contribution in [2.75, 3.05) is 5.43 Å². The molecule has 1 N–H and O–H groups in total. The summed E-state index contributed by atoms with van der Waals surface area (Å²) < 4.78 is 1.88. The molecule has 1 heterocycles. The standard InChI is InChI=1S/C18H17N5/c1-12-8-9-13(2)15(10-12)21-22-16(11-19)18-20-14-6-4-5-7-17(14)23(18)3/h4-10,21H,1-3H3/b22-16+. The molecule has 2 aromatic carbocycles. The zero-order chi connectivity index (χ0) is 16.4. The second-order valence-electron chi connectivity index (χ2n) is 5.49. The van der Waals surface area contributed by atoms with Crippen molar-refractivity contribution in [3.8, 4) is 6.07 Å². The number of benzene rings is 2. The molecular formula is C18H17N5. The van der Waals surface area contributed by atoms with Crippen LogP contribution >= 0.6 is 0 Å². The number of fused-ring (bicyclic) bond motifs is 1. The van der Waals surface area contributed by atoms with Crippen LogP contribution in [0.2, 0.25) is 0 Å². The first-order chi connectivity index (χ1) is 11.1. The number of aromatic nitrogens is 2. The summed E-state index contributed by atoms with van der Waals surface area (Å²) in [7, 11) is 1.88. The van der Waals surface area contributed by atoms with E-state index in [-0.39, 0.29) is 5.71 Å². The highest BCUT2D eigenvalue weighted by Crippen LogP contribution is 2.18. The third kappa shape index (κ3) is 2.79. The molecular weight excluding hydrogens is 286 g/mol. The minimum atomic E-state index is 0.254. The Labute approximate surface area is 134 Å². The molecule has 0 bridgehead atoms. The van der Waals surface area contributed by atoms with Crippen molar-refractivity contribution in [1.29, 1.82) is 5.26 Å². The molecule has 1 aromatic heterocycles. The van der Waals surface area contributed by atoms with E-state index in [1.807, 2.05) is 67.9 Å². The number of hydrazone groups is 1. The van der Waals surface area contributed by atoms with Crippen LogP contribution in [0.4, 0.5) is 5.69 Å². The lowest BCUT2D eigenvalue weighted by Gasteiger charge is -2.06. The number of hydrogen-bond acceptors (Lipinski definition) is 4. The summed E-state index contributed by atoms with van der Waals surface area (Å²) in [5, 5.41) is 13.7. The van der Waals surface area contributed by atoms with Gasteiger partial charge in [-0.25, -0.2) is 4.98 Å². The van der Waals surface area contributed by atoms with Gasteiger partial charge in [-0.1, -0.05) is 24.3 Å². The summed E-state index contributed by atoms with van der Waals surface area (Å²) in [5.74, 6) is 0.548. The molecule has 0 unspecified atom stereocenters. The number of anilines is 1. The minimum absolute atomic E-state index is 0.254. The molecule has 3 aromatic rings. The van der Waals surface area contributed by atoms with Crippen molar-refractivity contribution in [2.45, 2.75) is 13.8 Å². The monoisotopic (exact) mass is 303 g/mol. The molecule has 0 amide bonds. The van der Waals surface area contributed by atoms with Crippen LogP contribution in [0.5, 0.6) is 0 Å². The Kier molecular flexibility index (Phi) is 3.82. The molecule has 0 saturated heterocycles. The van der Waals surface area contributed by atoms with Gasteiger partial charge in [-0.2, -0.15) is 10.4 Å². The third-order valence-electron chi connectivity index (χ3n) is 3.79. The molecule has 3 rings (SSSR count). The lowest BCUT2D eigenvalue weighted by atomic mass is 10.1. The number of nitrogens with one attached hydrogen (secondary N) is 1. The van der Waals surface area contributed by atoms with E-state index in [2.05, 4.69) is 21.6 Å². The van der Waals surface area contributed by atoms with Gasteiger partial charge in [-0.15, -0.1) is 0 Å². The van der Waals surface area contributed by atoms with Gasteiger partial charge in [0.25, 0.3) is 0 Å². The van der Waals surface area contributed by atoms with Crippen LogP contribution in [-0.2, 0) is 7.05 Å². The van der Waals surface area contributed by atoms with E-state index in [9.17, 15) is 5.26 Å². The van der Waals surface area contributed by atoms with E-state index in [0.717, 1.165) is 27.8 Å². The number of nitriles is 1. The number of imidazole rings is 1. The third-order valence-corrected chi connectivity index (χ3v) is 3.79. The van der Waals surface area contributed by atoms with Gasteiger partial charge in [0.15, 0.2) is 5.82 Å².